The van der Waals surface area contributed by atoms with Crippen LogP contribution < -0.4 is 9.64 Å². The maximum atomic E-state index is 5.76. The maximum absolute atomic E-state index is 5.76. The molecule has 18 heavy (non-hydrogen) atoms. The topological polar surface area (TPSA) is 47.7 Å². The molecule has 0 saturated carbocycles. The quantitative estimate of drug-likeness (QED) is 0.852. The van der Waals surface area contributed by atoms with E-state index in [2.05, 4.69) is 25.8 Å². The summed E-state index contributed by atoms with van der Waals surface area (Å²) >= 11 is 3.44. The van der Waals surface area contributed by atoms with Crippen LogP contribution in [0.2, 0.25) is 0 Å². The lowest BCUT2D eigenvalue weighted by atomic mass is 10.3. The highest BCUT2D eigenvalue weighted by Crippen LogP contribution is 2.32. The van der Waals surface area contributed by atoms with Crippen molar-refractivity contribution in [2.75, 3.05) is 38.3 Å². The van der Waals surface area contributed by atoms with Crippen LogP contribution in [0.1, 0.15) is 0 Å². The zero-order chi connectivity index (χ0) is 12.5. The zero-order valence-electron chi connectivity index (χ0n) is 9.98. The number of halogens is 1. The first-order chi connectivity index (χ1) is 8.78. The van der Waals surface area contributed by atoms with Crippen LogP contribution in [-0.2, 0) is 4.74 Å². The summed E-state index contributed by atoms with van der Waals surface area (Å²) in [5.41, 5.74) is 1.56. The molecule has 1 aromatic carbocycles. The molecule has 0 aliphatic carbocycles. The Labute approximate surface area is 113 Å². The van der Waals surface area contributed by atoms with Gasteiger partial charge in [-0.05, 0) is 15.9 Å². The van der Waals surface area contributed by atoms with Gasteiger partial charge in [0.25, 0.3) is 6.01 Å². The zero-order valence-corrected chi connectivity index (χ0v) is 11.6. The molecule has 2 heterocycles. The van der Waals surface area contributed by atoms with Crippen molar-refractivity contribution in [2.24, 2.45) is 0 Å². The molecule has 1 fully saturated rings. The van der Waals surface area contributed by atoms with Gasteiger partial charge in [-0.1, -0.05) is 0 Å². The minimum Gasteiger partial charge on any atom is -0.495 e. The third kappa shape index (κ3) is 2.06. The highest BCUT2D eigenvalue weighted by atomic mass is 79.9. The Morgan fingerprint density at radius 3 is 2.83 bits per heavy atom. The van der Waals surface area contributed by atoms with Gasteiger partial charge in [-0.3, -0.25) is 0 Å². The number of nitrogens with zero attached hydrogens (tertiary/aromatic N) is 2. The number of hydrogen-bond donors (Lipinski definition) is 0. The number of hydrogen-bond acceptors (Lipinski definition) is 5. The van der Waals surface area contributed by atoms with Crippen LogP contribution in [0.25, 0.3) is 11.1 Å². The number of morpholine rings is 1. The smallest absolute Gasteiger partial charge is 0.298 e. The van der Waals surface area contributed by atoms with Crippen molar-refractivity contribution < 1.29 is 13.9 Å². The molecule has 1 aliphatic rings. The Hall–Kier alpha value is -1.27. The number of anilines is 1. The molecule has 2 aromatic rings. The summed E-state index contributed by atoms with van der Waals surface area (Å²) in [6.07, 6.45) is 0. The first-order valence-corrected chi connectivity index (χ1v) is 6.54. The summed E-state index contributed by atoms with van der Waals surface area (Å²) < 4.78 is 17.2. The minimum atomic E-state index is 0.647. The molecule has 0 radical (unpaired) electrons. The standard InChI is InChI=1S/C12H13BrN2O3/c1-16-10-7-9-11(6-8(10)13)18-12(14-9)15-2-4-17-5-3-15/h6-7H,2-5H2,1H3. The molecule has 0 bridgehead atoms. The number of aromatic nitrogens is 1. The number of oxazole rings is 1. The molecule has 1 saturated heterocycles. The van der Waals surface area contributed by atoms with Crippen LogP contribution in [0.3, 0.4) is 0 Å². The second-order valence-corrected chi connectivity index (χ2v) is 4.90. The lowest BCUT2D eigenvalue weighted by Gasteiger charge is -2.24. The van der Waals surface area contributed by atoms with Gasteiger partial charge in [0.1, 0.15) is 11.3 Å². The van der Waals surface area contributed by atoms with E-state index < -0.39 is 0 Å². The fourth-order valence-corrected chi connectivity index (χ4v) is 2.45. The maximum Gasteiger partial charge on any atom is 0.298 e. The van der Waals surface area contributed by atoms with Crippen molar-refractivity contribution in [3.63, 3.8) is 0 Å². The van der Waals surface area contributed by atoms with Gasteiger partial charge in [-0.2, -0.15) is 4.98 Å². The molecule has 96 valence electrons. The van der Waals surface area contributed by atoms with E-state index in [1.807, 2.05) is 12.1 Å². The molecule has 0 spiro atoms. The molecule has 5 nitrogen and oxygen atoms in total. The van der Waals surface area contributed by atoms with Crippen molar-refractivity contribution in [2.45, 2.75) is 0 Å². The van der Waals surface area contributed by atoms with Crippen LogP contribution in [-0.4, -0.2) is 38.4 Å². The number of benzene rings is 1. The van der Waals surface area contributed by atoms with Crippen LogP contribution in [0.15, 0.2) is 21.0 Å². The number of methoxy groups -OCH3 is 1. The largest absolute Gasteiger partial charge is 0.495 e. The predicted octanol–water partition coefficient (Wildman–Crippen LogP) is 2.44. The molecule has 1 aliphatic heterocycles. The van der Waals surface area contributed by atoms with Crippen LogP contribution >= 0.6 is 15.9 Å². The highest BCUT2D eigenvalue weighted by Gasteiger charge is 2.18. The molecule has 1 aromatic heterocycles. The summed E-state index contributed by atoms with van der Waals surface area (Å²) in [7, 11) is 1.63. The first kappa shape index (κ1) is 11.8. The number of fused-ring (bicyclic) bond motifs is 1. The Morgan fingerprint density at radius 2 is 2.11 bits per heavy atom. The Balaban J connectivity index is 1.99. The second kappa shape index (κ2) is 4.78. The average Bonchev–Trinajstić information content (AvgIpc) is 2.81. The van der Waals surface area contributed by atoms with E-state index in [1.165, 1.54) is 0 Å². The fraction of sp³-hybridized carbons (Fsp3) is 0.417. The first-order valence-electron chi connectivity index (χ1n) is 5.74. The van der Waals surface area contributed by atoms with Gasteiger partial charge < -0.3 is 18.8 Å². The lowest BCUT2D eigenvalue weighted by Crippen LogP contribution is -2.36. The van der Waals surface area contributed by atoms with Crippen LogP contribution in [0.4, 0.5) is 6.01 Å². The van der Waals surface area contributed by atoms with Crippen molar-refractivity contribution in [3.05, 3.63) is 16.6 Å². The van der Waals surface area contributed by atoms with Gasteiger partial charge in [0.2, 0.25) is 0 Å². The van der Waals surface area contributed by atoms with Crippen molar-refractivity contribution >= 4 is 33.0 Å². The highest BCUT2D eigenvalue weighted by molar-refractivity contribution is 9.10. The third-order valence-corrected chi connectivity index (χ3v) is 3.55. The van der Waals surface area contributed by atoms with Crippen LogP contribution in [0.5, 0.6) is 5.75 Å². The molecular weight excluding hydrogens is 300 g/mol. The molecule has 3 rings (SSSR count). The van der Waals surface area contributed by atoms with E-state index in [4.69, 9.17) is 13.9 Å². The van der Waals surface area contributed by atoms with Crippen molar-refractivity contribution in [1.29, 1.82) is 0 Å². The molecule has 6 heteroatoms. The Kier molecular flexibility index (Phi) is 3.13. The van der Waals surface area contributed by atoms with E-state index in [0.717, 1.165) is 34.4 Å². The number of rotatable bonds is 2. The minimum absolute atomic E-state index is 0.647. The Bertz CT molecular complexity index is 564. The summed E-state index contributed by atoms with van der Waals surface area (Å²) in [5, 5.41) is 0. The lowest BCUT2D eigenvalue weighted by molar-refractivity contribution is 0.120. The van der Waals surface area contributed by atoms with Crippen molar-refractivity contribution in [3.8, 4) is 5.75 Å². The van der Waals surface area contributed by atoms with Gasteiger partial charge in [0.05, 0.1) is 24.8 Å². The van der Waals surface area contributed by atoms with Gasteiger partial charge in [0.15, 0.2) is 5.58 Å². The summed E-state index contributed by atoms with van der Waals surface area (Å²) in [5.74, 6) is 0.754. The molecular formula is C12H13BrN2O3. The van der Waals surface area contributed by atoms with Gasteiger partial charge in [-0.25, -0.2) is 0 Å². The van der Waals surface area contributed by atoms with Gasteiger partial charge in [-0.15, -0.1) is 0 Å². The van der Waals surface area contributed by atoms with E-state index in [1.54, 1.807) is 7.11 Å². The monoisotopic (exact) mass is 312 g/mol. The molecule has 0 unspecified atom stereocenters. The molecule has 0 amide bonds. The second-order valence-electron chi connectivity index (χ2n) is 4.05. The van der Waals surface area contributed by atoms with E-state index in [0.29, 0.717) is 19.2 Å². The van der Waals surface area contributed by atoms with E-state index >= 15 is 0 Å². The summed E-state index contributed by atoms with van der Waals surface area (Å²) in [4.78, 5) is 6.58. The summed E-state index contributed by atoms with van der Waals surface area (Å²) in [6, 6.07) is 4.39. The van der Waals surface area contributed by atoms with Crippen LogP contribution in [0, 0.1) is 0 Å². The average molecular weight is 313 g/mol. The molecule has 0 N–H and O–H groups in total. The molecule has 0 atom stereocenters. The third-order valence-electron chi connectivity index (χ3n) is 2.93. The van der Waals surface area contributed by atoms with Crippen molar-refractivity contribution in [1.82, 2.24) is 4.98 Å². The fourth-order valence-electron chi connectivity index (χ4n) is 1.96. The normalized spacial score (nSPS) is 16.2. The van der Waals surface area contributed by atoms with Gasteiger partial charge in [0, 0.05) is 25.2 Å². The van der Waals surface area contributed by atoms with Gasteiger partial charge >= 0.3 is 0 Å². The SMILES string of the molecule is COc1cc2nc(N3CCOCC3)oc2cc1Br. The summed E-state index contributed by atoms with van der Waals surface area (Å²) in [6.45, 7) is 3.05. The van der Waals surface area contributed by atoms with E-state index in [-0.39, 0.29) is 0 Å². The van der Waals surface area contributed by atoms with E-state index in [9.17, 15) is 0 Å². The Morgan fingerprint density at radius 1 is 1.33 bits per heavy atom. The number of ether oxygens (including phenoxy) is 2. The predicted molar refractivity (Wildman–Crippen MR) is 71.3 cm³/mol.